The van der Waals surface area contributed by atoms with Gasteiger partial charge < -0.3 is 5.32 Å². The molecule has 5 rings (SSSR count). The molecule has 0 saturated carbocycles. The van der Waals surface area contributed by atoms with Crippen LogP contribution in [0, 0.1) is 5.82 Å². The minimum atomic E-state index is -0.257. The lowest BCUT2D eigenvalue weighted by molar-refractivity contribution is 0.628. The smallest absolute Gasteiger partial charge is 0.214 e. The number of benzene rings is 2. The second-order valence-corrected chi connectivity index (χ2v) is 7.68. The molecule has 0 aliphatic carbocycles. The van der Waals surface area contributed by atoms with Gasteiger partial charge in [-0.15, -0.1) is 5.10 Å². The maximum absolute atomic E-state index is 13.1. The Morgan fingerprint density at radius 2 is 1.90 bits per heavy atom. The molecule has 0 radical (unpaired) electrons. The summed E-state index contributed by atoms with van der Waals surface area (Å²) in [5.41, 5.74) is 5.03. The highest BCUT2D eigenvalue weighted by molar-refractivity contribution is 7.20. The van der Waals surface area contributed by atoms with E-state index < -0.39 is 0 Å². The zero-order valence-corrected chi connectivity index (χ0v) is 16.4. The Bertz CT molecular complexity index is 1250. The van der Waals surface area contributed by atoms with Crippen LogP contribution in [0.15, 0.2) is 67.1 Å². The van der Waals surface area contributed by atoms with Crippen LogP contribution in [0.4, 0.5) is 9.52 Å². The van der Waals surface area contributed by atoms with E-state index in [-0.39, 0.29) is 5.82 Å². The highest BCUT2D eigenvalue weighted by atomic mass is 32.1. The molecular weight excluding hydrogens is 387 g/mol. The van der Waals surface area contributed by atoms with Crippen molar-refractivity contribution in [2.75, 3.05) is 5.32 Å². The van der Waals surface area contributed by atoms with Gasteiger partial charge in [0, 0.05) is 30.9 Å². The molecule has 1 N–H and O–H groups in total. The van der Waals surface area contributed by atoms with Gasteiger partial charge in [-0.05, 0) is 41.5 Å². The molecule has 3 aromatic heterocycles. The van der Waals surface area contributed by atoms with E-state index in [1.54, 1.807) is 21.3 Å². The molecule has 6 nitrogen and oxygen atoms in total. The van der Waals surface area contributed by atoms with E-state index in [0.717, 1.165) is 38.0 Å². The summed E-state index contributed by atoms with van der Waals surface area (Å²) in [6.45, 7) is 0.662. The van der Waals surface area contributed by atoms with Crippen LogP contribution < -0.4 is 5.32 Å². The third-order valence-corrected chi connectivity index (χ3v) is 5.47. The summed E-state index contributed by atoms with van der Waals surface area (Å²) < 4.78 is 16.6. The molecule has 5 aromatic rings. The number of anilines is 1. The van der Waals surface area contributed by atoms with E-state index >= 15 is 0 Å². The number of nitrogens with one attached hydrogen (secondary N) is 1. The van der Waals surface area contributed by atoms with Gasteiger partial charge in [0.15, 0.2) is 0 Å². The lowest BCUT2D eigenvalue weighted by Crippen LogP contribution is -1.99. The van der Waals surface area contributed by atoms with Gasteiger partial charge in [0.05, 0.1) is 18.1 Å². The van der Waals surface area contributed by atoms with Crippen LogP contribution in [0.3, 0.4) is 0 Å². The van der Waals surface area contributed by atoms with Crippen LogP contribution in [-0.4, -0.2) is 24.4 Å². The summed E-state index contributed by atoms with van der Waals surface area (Å²) in [6, 6.07) is 14.7. The van der Waals surface area contributed by atoms with Crippen molar-refractivity contribution in [2.45, 2.75) is 6.54 Å². The van der Waals surface area contributed by atoms with Crippen LogP contribution >= 0.6 is 11.3 Å². The molecule has 29 heavy (non-hydrogen) atoms. The first-order chi connectivity index (χ1) is 14.1. The molecule has 0 aliphatic rings. The number of imidazole rings is 1. The summed E-state index contributed by atoms with van der Waals surface area (Å²) in [7, 11) is 1.91. The van der Waals surface area contributed by atoms with Crippen molar-refractivity contribution < 1.29 is 4.39 Å². The zero-order chi connectivity index (χ0) is 19.8. The average molecular weight is 404 g/mol. The first kappa shape index (κ1) is 17.6. The standard InChI is InChI=1S/C21H17FN6S/c1-27-12-17(11-24-27)16-4-2-3-14(9-16)10-23-20-26-28-13-19(25-21(28)29-20)15-5-7-18(22)8-6-15/h2-9,11-13H,10H2,1H3,(H,23,26). The topological polar surface area (TPSA) is 60.0 Å². The molecule has 0 bridgehead atoms. The Morgan fingerprint density at radius 3 is 2.66 bits per heavy atom. The summed E-state index contributed by atoms with van der Waals surface area (Å²) in [5, 5.41) is 12.9. The third-order valence-electron chi connectivity index (χ3n) is 4.59. The average Bonchev–Trinajstić information content (AvgIpc) is 3.42. The Morgan fingerprint density at radius 1 is 1.03 bits per heavy atom. The Labute approximate surface area is 170 Å². The number of rotatable bonds is 5. The fourth-order valence-corrected chi connectivity index (χ4v) is 3.92. The third kappa shape index (κ3) is 3.62. The summed E-state index contributed by atoms with van der Waals surface area (Å²) in [6.07, 6.45) is 5.72. The Hall–Kier alpha value is -3.52. The molecule has 0 unspecified atom stereocenters. The van der Waals surface area contributed by atoms with Crippen molar-refractivity contribution in [3.63, 3.8) is 0 Å². The molecule has 0 aliphatic heterocycles. The normalized spacial score (nSPS) is 11.2. The maximum atomic E-state index is 13.1. The monoisotopic (exact) mass is 404 g/mol. The molecule has 0 amide bonds. The molecule has 2 aromatic carbocycles. The maximum Gasteiger partial charge on any atom is 0.214 e. The van der Waals surface area contributed by atoms with Crippen molar-refractivity contribution in [1.82, 2.24) is 24.4 Å². The minimum Gasteiger partial charge on any atom is -0.356 e. The second-order valence-electron chi connectivity index (χ2n) is 6.72. The van der Waals surface area contributed by atoms with E-state index in [0.29, 0.717) is 6.54 Å². The van der Waals surface area contributed by atoms with E-state index in [9.17, 15) is 4.39 Å². The van der Waals surface area contributed by atoms with Gasteiger partial charge in [0.25, 0.3) is 0 Å². The van der Waals surface area contributed by atoms with Gasteiger partial charge >= 0.3 is 0 Å². The number of aryl methyl sites for hydroxylation is 1. The number of hydrogen-bond donors (Lipinski definition) is 1. The van der Waals surface area contributed by atoms with Crippen molar-refractivity contribution in [3.8, 4) is 22.4 Å². The van der Waals surface area contributed by atoms with E-state index in [1.165, 1.54) is 23.5 Å². The summed E-state index contributed by atoms with van der Waals surface area (Å²) in [5.74, 6) is -0.257. The highest BCUT2D eigenvalue weighted by Gasteiger charge is 2.10. The van der Waals surface area contributed by atoms with Gasteiger partial charge in [0.2, 0.25) is 10.1 Å². The van der Waals surface area contributed by atoms with Crippen molar-refractivity contribution >= 4 is 21.4 Å². The second kappa shape index (κ2) is 7.14. The molecule has 0 saturated heterocycles. The Kier molecular flexibility index (Phi) is 4.33. The minimum absolute atomic E-state index is 0.257. The van der Waals surface area contributed by atoms with Gasteiger partial charge in [-0.3, -0.25) is 4.68 Å². The first-order valence-corrected chi connectivity index (χ1v) is 9.90. The molecule has 8 heteroatoms. The van der Waals surface area contributed by atoms with Gasteiger partial charge in [-0.1, -0.05) is 29.5 Å². The fourth-order valence-electron chi connectivity index (χ4n) is 3.14. The van der Waals surface area contributed by atoms with Gasteiger partial charge in [-0.2, -0.15) is 5.10 Å². The molecule has 3 heterocycles. The highest BCUT2D eigenvalue weighted by Crippen LogP contribution is 2.25. The molecule has 0 atom stereocenters. The number of fused-ring (bicyclic) bond motifs is 1. The molecular formula is C21H17FN6S. The van der Waals surface area contributed by atoms with Crippen molar-refractivity contribution in [1.29, 1.82) is 0 Å². The SMILES string of the molecule is Cn1cc(-c2cccc(CNc3nn4cc(-c5ccc(F)cc5)nc4s3)c2)cn1. The van der Waals surface area contributed by atoms with Gasteiger partial charge in [-0.25, -0.2) is 13.9 Å². The van der Waals surface area contributed by atoms with Gasteiger partial charge in [0.1, 0.15) is 5.82 Å². The Balaban J connectivity index is 1.31. The van der Waals surface area contributed by atoms with E-state index in [2.05, 4.69) is 38.7 Å². The predicted octanol–water partition coefficient (Wildman–Crippen LogP) is 4.61. The molecule has 0 fully saturated rings. The first-order valence-electron chi connectivity index (χ1n) is 9.08. The van der Waals surface area contributed by atoms with Crippen molar-refractivity contribution in [3.05, 3.63) is 78.5 Å². The van der Waals surface area contributed by atoms with Crippen molar-refractivity contribution in [2.24, 2.45) is 7.05 Å². The lowest BCUT2D eigenvalue weighted by atomic mass is 10.1. The predicted molar refractivity (Wildman–Crippen MR) is 112 cm³/mol. The quantitative estimate of drug-likeness (QED) is 0.465. The van der Waals surface area contributed by atoms with Crippen LogP contribution in [0.1, 0.15) is 5.56 Å². The number of halogens is 1. The molecule has 0 spiro atoms. The van der Waals surface area contributed by atoms with E-state index in [1.807, 2.05) is 31.7 Å². The zero-order valence-electron chi connectivity index (χ0n) is 15.6. The number of nitrogens with zero attached hydrogens (tertiary/aromatic N) is 5. The number of hydrogen-bond acceptors (Lipinski definition) is 5. The summed E-state index contributed by atoms with van der Waals surface area (Å²) in [4.78, 5) is 5.38. The number of aromatic nitrogens is 5. The van der Waals surface area contributed by atoms with Crippen LogP contribution in [0.5, 0.6) is 0 Å². The van der Waals surface area contributed by atoms with Crippen LogP contribution in [-0.2, 0) is 13.6 Å². The largest absolute Gasteiger partial charge is 0.356 e. The van der Waals surface area contributed by atoms with Crippen LogP contribution in [0.2, 0.25) is 0 Å². The summed E-state index contributed by atoms with van der Waals surface area (Å²) >= 11 is 1.48. The van der Waals surface area contributed by atoms with Crippen LogP contribution in [0.25, 0.3) is 27.3 Å². The van der Waals surface area contributed by atoms with E-state index in [4.69, 9.17) is 0 Å². The molecule has 144 valence electrons. The lowest BCUT2D eigenvalue weighted by Gasteiger charge is -2.05. The fraction of sp³-hybridized carbons (Fsp3) is 0.0952.